The van der Waals surface area contributed by atoms with E-state index in [1.807, 2.05) is 0 Å². The van der Waals surface area contributed by atoms with Crippen molar-refractivity contribution in [1.29, 1.82) is 0 Å². The number of hydrogen-bond donors (Lipinski definition) is 1. The third-order valence-electron chi connectivity index (χ3n) is 2.21. The molecule has 7 heteroatoms. The van der Waals surface area contributed by atoms with Gasteiger partial charge in [0.15, 0.2) is 0 Å². The Kier molecular flexibility index (Phi) is 3.42. The fourth-order valence-electron chi connectivity index (χ4n) is 1.25. The number of aromatic amines is 1. The van der Waals surface area contributed by atoms with Gasteiger partial charge in [-0.2, -0.15) is 14.9 Å². The summed E-state index contributed by atoms with van der Waals surface area (Å²) in [6.07, 6.45) is 1.42. The van der Waals surface area contributed by atoms with Gasteiger partial charge in [-0.15, -0.1) is 0 Å². The number of hydrogen-bond acceptors (Lipinski definition) is 4. The Hall–Kier alpha value is -2.15. The fourth-order valence-corrected chi connectivity index (χ4v) is 1.43. The van der Waals surface area contributed by atoms with Crippen LogP contribution in [0.1, 0.15) is 11.3 Å². The van der Waals surface area contributed by atoms with E-state index in [1.54, 1.807) is 19.1 Å². The first kappa shape index (κ1) is 12.3. The molecule has 1 aromatic heterocycles. The maximum Gasteiger partial charge on any atom is 0.296 e. The standard InChI is InChI=1S/C11H9FN4OS/c1-7-10(17)16(11(18)15-14-7)13-6-8-2-4-9(12)5-3-8/h2-6H,1H3,(H,15,18)/b13-6+. The lowest BCUT2D eigenvalue weighted by molar-refractivity contribution is 0.628. The highest BCUT2D eigenvalue weighted by Gasteiger charge is 2.00. The second kappa shape index (κ2) is 5.01. The average molecular weight is 264 g/mol. The third kappa shape index (κ3) is 2.57. The summed E-state index contributed by atoms with van der Waals surface area (Å²) in [5, 5.41) is 10.2. The molecule has 0 bridgehead atoms. The highest BCUT2D eigenvalue weighted by Crippen LogP contribution is 1.99. The van der Waals surface area contributed by atoms with E-state index in [0.717, 1.165) is 4.68 Å². The summed E-state index contributed by atoms with van der Waals surface area (Å²) in [6, 6.07) is 5.71. The van der Waals surface area contributed by atoms with Gasteiger partial charge < -0.3 is 0 Å². The molecule has 0 amide bonds. The van der Waals surface area contributed by atoms with Crippen molar-refractivity contribution in [2.24, 2.45) is 5.10 Å². The second-order valence-electron chi connectivity index (χ2n) is 3.53. The van der Waals surface area contributed by atoms with E-state index >= 15 is 0 Å². The molecule has 0 unspecified atom stereocenters. The van der Waals surface area contributed by atoms with Crippen LogP contribution >= 0.6 is 12.2 Å². The largest absolute Gasteiger partial charge is 0.296 e. The smallest absolute Gasteiger partial charge is 0.265 e. The van der Waals surface area contributed by atoms with E-state index in [0.29, 0.717) is 5.56 Å². The van der Waals surface area contributed by atoms with E-state index in [4.69, 9.17) is 12.2 Å². The predicted octanol–water partition coefficient (Wildman–Crippen LogP) is 1.63. The van der Waals surface area contributed by atoms with Gasteiger partial charge in [-0.1, -0.05) is 12.1 Å². The van der Waals surface area contributed by atoms with Crippen LogP contribution in [0.3, 0.4) is 0 Å². The second-order valence-corrected chi connectivity index (χ2v) is 3.91. The van der Waals surface area contributed by atoms with Gasteiger partial charge in [0.1, 0.15) is 11.5 Å². The zero-order valence-electron chi connectivity index (χ0n) is 9.42. The Labute approximate surface area is 107 Å². The minimum Gasteiger partial charge on any atom is -0.265 e. The van der Waals surface area contributed by atoms with Crippen molar-refractivity contribution in [3.63, 3.8) is 0 Å². The van der Waals surface area contributed by atoms with Crippen molar-refractivity contribution in [1.82, 2.24) is 14.9 Å². The third-order valence-corrected chi connectivity index (χ3v) is 2.47. The van der Waals surface area contributed by atoms with Crippen molar-refractivity contribution in [2.45, 2.75) is 6.92 Å². The average Bonchev–Trinajstić information content (AvgIpc) is 2.36. The fraction of sp³-hybridized carbons (Fsp3) is 0.0909. The molecule has 0 aliphatic heterocycles. The van der Waals surface area contributed by atoms with Crippen LogP contribution in [0.25, 0.3) is 0 Å². The Morgan fingerprint density at radius 1 is 1.44 bits per heavy atom. The highest BCUT2D eigenvalue weighted by atomic mass is 32.1. The van der Waals surface area contributed by atoms with Gasteiger partial charge in [-0.05, 0) is 36.8 Å². The summed E-state index contributed by atoms with van der Waals surface area (Å²) >= 11 is 4.91. The number of aromatic nitrogens is 3. The lowest BCUT2D eigenvalue weighted by Crippen LogP contribution is -2.22. The number of halogens is 1. The minimum atomic E-state index is -0.392. The van der Waals surface area contributed by atoms with Crippen molar-refractivity contribution >= 4 is 18.4 Å². The first-order valence-electron chi connectivity index (χ1n) is 5.06. The molecule has 0 spiro atoms. The highest BCUT2D eigenvalue weighted by molar-refractivity contribution is 7.71. The molecular formula is C11H9FN4OS. The number of nitrogens with zero attached hydrogens (tertiary/aromatic N) is 3. The van der Waals surface area contributed by atoms with E-state index in [2.05, 4.69) is 15.3 Å². The molecule has 1 N–H and O–H groups in total. The molecule has 1 heterocycles. The molecular weight excluding hydrogens is 255 g/mol. The topological polar surface area (TPSA) is 63.0 Å². The van der Waals surface area contributed by atoms with Gasteiger partial charge in [0, 0.05) is 0 Å². The quantitative estimate of drug-likeness (QED) is 0.662. The number of aryl methyl sites for hydroxylation is 1. The lowest BCUT2D eigenvalue weighted by atomic mass is 10.2. The predicted molar refractivity (Wildman–Crippen MR) is 67.8 cm³/mol. The monoisotopic (exact) mass is 264 g/mol. The van der Waals surface area contributed by atoms with E-state index in [9.17, 15) is 9.18 Å². The van der Waals surface area contributed by atoms with Crippen LogP contribution in [0.4, 0.5) is 4.39 Å². The van der Waals surface area contributed by atoms with E-state index in [1.165, 1.54) is 18.3 Å². The van der Waals surface area contributed by atoms with Crippen LogP contribution in [-0.4, -0.2) is 21.1 Å². The number of H-pyrrole nitrogens is 1. The molecule has 0 aliphatic rings. The molecule has 0 saturated heterocycles. The Morgan fingerprint density at radius 3 is 2.78 bits per heavy atom. The first-order chi connectivity index (χ1) is 8.58. The van der Waals surface area contributed by atoms with Crippen LogP contribution < -0.4 is 5.56 Å². The van der Waals surface area contributed by atoms with Gasteiger partial charge in [-0.3, -0.25) is 9.89 Å². The van der Waals surface area contributed by atoms with Crippen molar-refractivity contribution in [3.8, 4) is 0 Å². The van der Waals surface area contributed by atoms with Gasteiger partial charge in [-0.25, -0.2) is 4.39 Å². The van der Waals surface area contributed by atoms with Crippen LogP contribution in [0, 0.1) is 17.5 Å². The summed E-state index contributed by atoms with van der Waals surface area (Å²) in [5.41, 5.74) is 0.532. The van der Waals surface area contributed by atoms with E-state index in [-0.39, 0.29) is 16.3 Å². The number of rotatable bonds is 2. The molecule has 0 saturated carbocycles. The molecule has 5 nitrogen and oxygen atoms in total. The molecule has 0 aliphatic carbocycles. The maximum absolute atomic E-state index is 12.7. The Balaban J connectivity index is 2.41. The molecule has 92 valence electrons. The van der Waals surface area contributed by atoms with Crippen molar-refractivity contribution in [2.75, 3.05) is 0 Å². The zero-order valence-corrected chi connectivity index (χ0v) is 10.2. The van der Waals surface area contributed by atoms with Gasteiger partial charge in [0.2, 0.25) is 4.77 Å². The summed E-state index contributed by atoms with van der Waals surface area (Å²) in [6.45, 7) is 1.55. The molecule has 1 aromatic carbocycles. The number of benzene rings is 1. The van der Waals surface area contributed by atoms with Crippen molar-refractivity contribution < 1.29 is 4.39 Å². The maximum atomic E-state index is 12.7. The van der Waals surface area contributed by atoms with Gasteiger partial charge in [0.25, 0.3) is 5.56 Å². The molecule has 2 rings (SSSR count). The van der Waals surface area contributed by atoms with Crippen LogP contribution in [0.15, 0.2) is 34.2 Å². The molecule has 0 fully saturated rings. The summed E-state index contributed by atoms with van der Waals surface area (Å²) in [7, 11) is 0. The molecule has 18 heavy (non-hydrogen) atoms. The van der Waals surface area contributed by atoms with Crippen LogP contribution in [0.2, 0.25) is 0 Å². The molecule has 0 radical (unpaired) electrons. The Bertz CT molecular complexity index is 702. The first-order valence-corrected chi connectivity index (χ1v) is 5.47. The normalized spacial score (nSPS) is 11.0. The Morgan fingerprint density at radius 2 is 2.11 bits per heavy atom. The lowest BCUT2D eigenvalue weighted by Gasteiger charge is -1.98. The zero-order chi connectivity index (χ0) is 13.1. The molecule has 0 atom stereocenters. The molecule has 2 aromatic rings. The van der Waals surface area contributed by atoms with E-state index < -0.39 is 5.56 Å². The van der Waals surface area contributed by atoms with Crippen molar-refractivity contribution in [3.05, 3.63) is 56.5 Å². The van der Waals surface area contributed by atoms with Crippen LogP contribution in [-0.2, 0) is 0 Å². The summed E-state index contributed by atoms with van der Waals surface area (Å²) in [5.74, 6) is -0.332. The van der Waals surface area contributed by atoms with Gasteiger partial charge in [0.05, 0.1) is 6.21 Å². The number of nitrogens with one attached hydrogen (secondary N) is 1. The summed E-state index contributed by atoms with van der Waals surface area (Å²) < 4.78 is 13.8. The minimum absolute atomic E-state index is 0.101. The van der Waals surface area contributed by atoms with Gasteiger partial charge >= 0.3 is 0 Å². The summed E-state index contributed by atoms with van der Waals surface area (Å²) in [4.78, 5) is 11.7. The SMILES string of the molecule is Cc1n[nH]c(=S)n(/N=C/c2ccc(F)cc2)c1=O. The van der Waals surface area contributed by atoms with Crippen LogP contribution in [0.5, 0.6) is 0 Å².